The number of aryl methyl sites for hydroxylation is 1. The highest BCUT2D eigenvalue weighted by atomic mass is 19.1. The third kappa shape index (κ3) is 2.15. The Morgan fingerprint density at radius 2 is 1.60 bits per heavy atom. The van der Waals surface area contributed by atoms with Gasteiger partial charge in [-0.3, -0.25) is 0 Å². The van der Waals surface area contributed by atoms with Gasteiger partial charge in [0, 0.05) is 6.07 Å². The van der Waals surface area contributed by atoms with Gasteiger partial charge in [-0.2, -0.15) is 0 Å². The number of phenolic OH excluding ortho intramolecular Hbond substituents is 1. The number of phenols is 1. The first-order chi connectivity index (χ1) is 7.15. The monoisotopic (exact) mass is 202 g/mol. The van der Waals surface area contributed by atoms with E-state index in [0.717, 1.165) is 17.2 Å². The van der Waals surface area contributed by atoms with Crippen LogP contribution in [0.1, 0.15) is 5.56 Å². The molecule has 0 aliphatic rings. The maximum absolute atomic E-state index is 13.0. The SMILES string of the molecule is Cc1ccc(-c2cc(O)cc(F)c2)cc1. The van der Waals surface area contributed by atoms with Crippen molar-refractivity contribution in [3.05, 3.63) is 53.8 Å². The number of halogens is 1. The highest BCUT2D eigenvalue weighted by Gasteiger charge is 2.01. The lowest BCUT2D eigenvalue weighted by Crippen LogP contribution is -1.81. The first-order valence-corrected chi connectivity index (χ1v) is 4.72. The molecule has 0 unspecified atom stereocenters. The number of hydrogen-bond acceptors (Lipinski definition) is 1. The summed E-state index contributed by atoms with van der Waals surface area (Å²) < 4.78 is 13.0. The largest absolute Gasteiger partial charge is 0.508 e. The van der Waals surface area contributed by atoms with E-state index in [0.29, 0.717) is 5.56 Å². The van der Waals surface area contributed by atoms with E-state index in [9.17, 15) is 9.50 Å². The van der Waals surface area contributed by atoms with Gasteiger partial charge < -0.3 is 5.11 Å². The van der Waals surface area contributed by atoms with Crippen LogP contribution in [0.15, 0.2) is 42.5 Å². The van der Waals surface area contributed by atoms with E-state index in [-0.39, 0.29) is 5.75 Å². The third-order valence-corrected chi connectivity index (χ3v) is 2.27. The zero-order valence-corrected chi connectivity index (χ0v) is 8.37. The van der Waals surface area contributed by atoms with Gasteiger partial charge in [-0.25, -0.2) is 4.39 Å². The smallest absolute Gasteiger partial charge is 0.127 e. The molecule has 2 rings (SSSR count). The second kappa shape index (κ2) is 3.73. The fourth-order valence-corrected chi connectivity index (χ4v) is 1.49. The number of rotatable bonds is 1. The Morgan fingerprint density at radius 3 is 2.20 bits per heavy atom. The molecule has 0 radical (unpaired) electrons. The summed E-state index contributed by atoms with van der Waals surface area (Å²) in [4.78, 5) is 0. The Balaban J connectivity index is 2.49. The molecule has 0 atom stereocenters. The fourth-order valence-electron chi connectivity index (χ4n) is 1.49. The van der Waals surface area contributed by atoms with Gasteiger partial charge in [-0.1, -0.05) is 29.8 Å². The molecule has 0 spiro atoms. The van der Waals surface area contributed by atoms with Crippen molar-refractivity contribution in [2.45, 2.75) is 6.92 Å². The maximum Gasteiger partial charge on any atom is 0.127 e. The van der Waals surface area contributed by atoms with Gasteiger partial charge >= 0.3 is 0 Å². The first-order valence-electron chi connectivity index (χ1n) is 4.72. The van der Waals surface area contributed by atoms with E-state index in [2.05, 4.69) is 0 Å². The molecule has 0 fully saturated rings. The minimum absolute atomic E-state index is 0.0504. The van der Waals surface area contributed by atoms with Crippen molar-refractivity contribution in [3.63, 3.8) is 0 Å². The van der Waals surface area contributed by atoms with Crippen LogP contribution in [0.5, 0.6) is 5.75 Å². The lowest BCUT2D eigenvalue weighted by molar-refractivity contribution is 0.469. The van der Waals surface area contributed by atoms with Crippen molar-refractivity contribution >= 4 is 0 Å². The summed E-state index contributed by atoms with van der Waals surface area (Å²) in [6.07, 6.45) is 0. The molecule has 0 aliphatic heterocycles. The number of benzene rings is 2. The van der Waals surface area contributed by atoms with E-state index in [1.54, 1.807) is 6.07 Å². The van der Waals surface area contributed by atoms with Crippen molar-refractivity contribution in [1.29, 1.82) is 0 Å². The van der Waals surface area contributed by atoms with Crippen LogP contribution in [0.2, 0.25) is 0 Å². The quantitative estimate of drug-likeness (QED) is 0.750. The molecule has 0 saturated heterocycles. The fraction of sp³-hybridized carbons (Fsp3) is 0.0769. The third-order valence-electron chi connectivity index (χ3n) is 2.27. The summed E-state index contributed by atoms with van der Waals surface area (Å²) in [5, 5.41) is 9.27. The van der Waals surface area contributed by atoms with E-state index in [1.165, 1.54) is 6.07 Å². The summed E-state index contributed by atoms with van der Waals surface area (Å²) in [7, 11) is 0. The van der Waals surface area contributed by atoms with Crippen LogP contribution in [0, 0.1) is 12.7 Å². The normalized spacial score (nSPS) is 10.3. The predicted octanol–water partition coefficient (Wildman–Crippen LogP) is 3.51. The Hall–Kier alpha value is -1.83. The van der Waals surface area contributed by atoms with Crippen LogP contribution in [0.25, 0.3) is 11.1 Å². The van der Waals surface area contributed by atoms with Gasteiger partial charge in [0.15, 0.2) is 0 Å². The average Bonchev–Trinajstić information content (AvgIpc) is 2.17. The summed E-state index contributed by atoms with van der Waals surface area (Å²) in [5.74, 6) is -0.476. The lowest BCUT2D eigenvalue weighted by atomic mass is 10.0. The zero-order chi connectivity index (χ0) is 10.8. The van der Waals surface area contributed by atoms with Crippen molar-refractivity contribution < 1.29 is 9.50 Å². The first kappa shape index (κ1) is 9.71. The van der Waals surface area contributed by atoms with E-state index >= 15 is 0 Å². The topological polar surface area (TPSA) is 20.2 Å². The van der Waals surface area contributed by atoms with E-state index in [1.807, 2.05) is 31.2 Å². The highest BCUT2D eigenvalue weighted by Crippen LogP contribution is 2.24. The van der Waals surface area contributed by atoms with Gasteiger partial charge in [0.25, 0.3) is 0 Å². The Kier molecular flexibility index (Phi) is 2.42. The van der Waals surface area contributed by atoms with Crippen molar-refractivity contribution in [1.82, 2.24) is 0 Å². The molecular weight excluding hydrogens is 191 g/mol. The maximum atomic E-state index is 13.0. The Labute approximate surface area is 87.8 Å². The van der Waals surface area contributed by atoms with Gasteiger partial charge in [-0.05, 0) is 30.2 Å². The molecule has 1 N–H and O–H groups in total. The molecule has 2 heteroatoms. The van der Waals surface area contributed by atoms with Crippen LogP contribution < -0.4 is 0 Å². The van der Waals surface area contributed by atoms with Gasteiger partial charge in [0.2, 0.25) is 0 Å². The molecule has 0 heterocycles. The Morgan fingerprint density at radius 1 is 0.933 bits per heavy atom. The van der Waals surface area contributed by atoms with Crippen LogP contribution in [0.4, 0.5) is 4.39 Å². The van der Waals surface area contributed by atoms with E-state index in [4.69, 9.17) is 0 Å². The molecule has 0 bridgehead atoms. The van der Waals surface area contributed by atoms with Crippen molar-refractivity contribution in [2.24, 2.45) is 0 Å². The van der Waals surface area contributed by atoms with Crippen LogP contribution >= 0.6 is 0 Å². The minimum atomic E-state index is -0.425. The molecule has 76 valence electrons. The highest BCUT2D eigenvalue weighted by molar-refractivity contribution is 5.65. The molecule has 0 saturated carbocycles. The molecular formula is C13H11FO. The standard InChI is InChI=1S/C13H11FO/c1-9-2-4-10(5-3-9)11-6-12(14)8-13(15)7-11/h2-8,15H,1H3. The van der Waals surface area contributed by atoms with Crippen molar-refractivity contribution in [3.8, 4) is 16.9 Å². The summed E-state index contributed by atoms with van der Waals surface area (Å²) in [5.41, 5.74) is 2.74. The zero-order valence-electron chi connectivity index (χ0n) is 8.37. The molecule has 15 heavy (non-hydrogen) atoms. The second-order valence-corrected chi connectivity index (χ2v) is 3.56. The number of aromatic hydroxyl groups is 1. The van der Waals surface area contributed by atoms with Crippen molar-refractivity contribution in [2.75, 3.05) is 0 Å². The van der Waals surface area contributed by atoms with Crippen LogP contribution in [0.3, 0.4) is 0 Å². The second-order valence-electron chi connectivity index (χ2n) is 3.56. The molecule has 0 amide bonds. The molecule has 0 aromatic heterocycles. The van der Waals surface area contributed by atoms with Gasteiger partial charge in [-0.15, -0.1) is 0 Å². The predicted molar refractivity (Wildman–Crippen MR) is 58.2 cm³/mol. The van der Waals surface area contributed by atoms with Crippen LogP contribution in [-0.4, -0.2) is 5.11 Å². The lowest BCUT2D eigenvalue weighted by Gasteiger charge is -2.03. The summed E-state index contributed by atoms with van der Waals surface area (Å²) >= 11 is 0. The average molecular weight is 202 g/mol. The minimum Gasteiger partial charge on any atom is -0.508 e. The molecule has 2 aromatic rings. The Bertz CT molecular complexity index is 454. The van der Waals surface area contributed by atoms with E-state index < -0.39 is 5.82 Å². The molecule has 1 nitrogen and oxygen atoms in total. The van der Waals surface area contributed by atoms with Gasteiger partial charge in [0.1, 0.15) is 11.6 Å². The number of hydrogen-bond donors (Lipinski definition) is 1. The summed E-state index contributed by atoms with van der Waals surface area (Å²) in [6, 6.07) is 11.8. The summed E-state index contributed by atoms with van der Waals surface area (Å²) in [6.45, 7) is 1.99. The molecule has 0 aliphatic carbocycles. The van der Waals surface area contributed by atoms with Gasteiger partial charge in [0.05, 0.1) is 0 Å². The van der Waals surface area contributed by atoms with Crippen LogP contribution in [-0.2, 0) is 0 Å². The molecule has 2 aromatic carbocycles.